The number of piperidine rings is 1. The van der Waals surface area contributed by atoms with Crippen LogP contribution in [-0.4, -0.2) is 43.0 Å². The van der Waals surface area contributed by atoms with Crippen molar-refractivity contribution in [3.8, 4) is 0 Å². The maximum Gasteiger partial charge on any atom is 0.227 e. The van der Waals surface area contributed by atoms with E-state index in [1.165, 1.54) is 32.4 Å². The molecule has 2 rings (SSSR count). The van der Waals surface area contributed by atoms with Crippen LogP contribution in [0.4, 0.5) is 0 Å². The minimum atomic E-state index is -0.0165. The molecule has 0 aromatic rings. The summed E-state index contributed by atoms with van der Waals surface area (Å²) in [5, 5.41) is 3.06. The van der Waals surface area contributed by atoms with Crippen molar-refractivity contribution < 1.29 is 4.79 Å². The van der Waals surface area contributed by atoms with Gasteiger partial charge < -0.3 is 16.0 Å². The standard InChI is InChI=1S/C15H27N3O/c1-12(11-18-7-3-2-4-8-18)10-17-15(19)13-5-6-14(16)9-13/h5-6,12-14H,2-4,7-11,16H2,1H3,(H,17,19). The SMILES string of the molecule is CC(CNC(=O)C1C=CC(N)C1)CN1CCCCC1. The molecular weight excluding hydrogens is 238 g/mol. The van der Waals surface area contributed by atoms with Gasteiger partial charge >= 0.3 is 0 Å². The molecule has 0 aromatic carbocycles. The topological polar surface area (TPSA) is 58.4 Å². The van der Waals surface area contributed by atoms with Gasteiger partial charge in [0, 0.05) is 19.1 Å². The van der Waals surface area contributed by atoms with E-state index in [1.54, 1.807) is 0 Å². The van der Waals surface area contributed by atoms with Crippen LogP contribution >= 0.6 is 0 Å². The smallest absolute Gasteiger partial charge is 0.227 e. The van der Waals surface area contributed by atoms with Crippen LogP contribution in [0.15, 0.2) is 12.2 Å². The van der Waals surface area contributed by atoms with E-state index in [0.29, 0.717) is 5.92 Å². The Morgan fingerprint density at radius 2 is 2.11 bits per heavy atom. The van der Waals surface area contributed by atoms with Gasteiger partial charge in [-0.2, -0.15) is 0 Å². The fraction of sp³-hybridized carbons (Fsp3) is 0.800. The molecule has 0 spiro atoms. The zero-order valence-corrected chi connectivity index (χ0v) is 12.0. The molecule has 19 heavy (non-hydrogen) atoms. The summed E-state index contributed by atoms with van der Waals surface area (Å²) in [6.07, 6.45) is 8.65. The van der Waals surface area contributed by atoms with Crippen LogP contribution < -0.4 is 11.1 Å². The molecule has 1 saturated heterocycles. The minimum Gasteiger partial charge on any atom is -0.355 e. The summed E-state index contributed by atoms with van der Waals surface area (Å²) in [6, 6.07) is 0.0570. The maximum atomic E-state index is 12.0. The third-order valence-corrected chi connectivity index (χ3v) is 4.10. The molecule has 3 unspecified atom stereocenters. The van der Waals surface area contributed by atoms with Gasteiger partial charge in [0.05, 0.1) is 5.92 Å². The summed E-state index contributed by atoms with van der Waals surface area (Å²) in [5.74, 6) is 0.632. The second kappa shape index (κ2) is 7.06. The molecule has 3 N–H and O–H groups in total. The maximum absolute atomic E-state index is 12.0. The molecule has 3 atom stereocenters. The van der Waals surface area contributed by atoms with Crippen LogP contribution in [0.3, 0.4) is 0 Å². The Kier molecular flexibility index (Phi) is 5.40. The fourth-order valence-corrected chi connectivity index (χ4v) is 2.97. The van der Waals surface area contributed by atoms with Crippen molar-refractivity contribution in [2.45, 2.75) is 38.6 Å². The van der Waals surface area contributed by atoms with E-state index in [9.17, 15) is 4.79 Å². The Balaban J connectivity index is 1.64. The molecular formula is C15H27N3O. The lowest BCUT2D eigenvalue weighted by Gasteiger charge is -2.29. The van der Waals surface area contributed by atoms with Crippen molar-refractivity contribution in [2.24, 2.45) is 17.6 Å². The number of likely N-dealkylation sites (tertiary alicyclic amines) is 1. The number of nitrogens with zero attached hydrogens (tertiary/aromatic N) is 1. The van der Waals surface area contributed by atoms with E-state index in [1.807, 2.05) is 12.2 Å². The zero-order valence-electron chi connectivity index (χ0n) is 12.0. The van der Waals surface area contributed by atoms with Crippen LogP contribution in [0, 0.1) is 11.8 Å². The van der Waals surface area contributed by atoms with Gasteiger partial charge in [-0.3, -0.25) is 4.79 Å². The summed E-state index contributed by atoms with van der Waals surface area (Å²) >= 11 is 0. The van der Waals surface area contributed by atoms with Crippen LogP contribution in [-0.2, 0) is 4.79 Å². The van der Waals surface area contributed by atoms with E-state index in [4.69, 9.17) is 5.73 Å². The highest BCUT2D eigenvalue weighted by Gasteiger charge is 2.23. The molecule has 2 aliphatic rings. The second-order valence-corrected chi connectivity index (χ2v) is 6.10. The van der Waals surface area contributed by atoms with E-state index in [2.05, 4.69) is 17.1 Å². The molecule has 108 valence electrons. The van der Waals surface area contributed by atoms with E-state index >= 15 is 0 Å². The number of carbonyl (C=O) groups is 1. The molecule has 0 saturated carbocycles. The van der Waals surface area contributed by atoms with Gasteiger partial charge in [0.2, 0.25) is 5.91 Å². The molecule has 0 bridgehead atoms. The van der Waals surface area contributed by atoms with Crippen LogP contribution in [0.25, 0.3) is 0 Å². The average Bonchev–Trinajstić information content (AvgIpc) is 2.84. The molecule has 1 fully saturated rings. The highest BCUT2D eigenvalue weighted by molar-refractivity contribution is 5.81. The molecule has 1 aliphatic carbocycles. The summed E-state index contributed by atoms with van der Waals surface area (Å²) < 4.78 is 0. The number of nitrogens with one attached hydrogen (secondary N) is 1. The van der Waals surface area contributed by atoms with Crippen LogP contribution in [0.2, 0.25) is 0 Å². The summed E-state index contributed by atoms with van der Waals surface area (Å²) in [4.78, 5) is 14.5. The van der Waals surface area contributed by atoms with Gasteiger partial charge in [0.25, 0.3) is 0 Å². The second-order valence-electron chi connectivity index (χ2n) is 6.10. The summed E-state index contributed by atoms with van der Waals surface area (Å²) in [5.41, 5.74) is 5.77. The van der Waals surface area contributed by atoms with E-state index < -0.39 is 0 Å². The minimum absolute atomic E-state index is 0.0165. The van der Waals surface area contributed by atoms with E-state index in [0.717, 1.165) is 19.5 Å². The predicted octanol–water partition coefficient (Wildman–Crippen LogP) is 1.13. The molecule has 1 heterocycles. The van der Waals surface area contributed by atoms with Crippen molar-refractivity contribution in [2.75, 3.05) is 26.2 Å². The Hall–Kier alpha value is -0.870. The van der Waals surface area contributed by atoms with Crippen molar-refractivity contribution >= 4 is 5.91 Å². The first-order valence-corrected chi connectivity index (χ1v) is 7.59. The van der Waals surface area contributed by atoms with Gasteiger partial charge in [-0.1, -0.05) is 25.5 Å². The molecule has 4 heteroatoms. The van der Waals surface area contributed by atoms with E-state index in [-0.39, 0.29) is 17.9 Å². The number of hydrogen-bond donors (Lipinski definition) is 2. The lowest BCUT2D eigenvalue weighted by atomic mass is 10.1. The van der Waals surface area contributed by atoms with Gasteiger partial charge in [-0.15, -0.1) is 0 Å². The third-order valence-electron chi connectivity index (χ3n) is 4.10. The Morgan fingerprint density at radius 3 is 2.74 bits per heavy atom. The number of rotatable bonds is 5. The number of carbonyl (C=O) groups excluding carboxylic acids is 1. The largest absolute Gasteiger partial charge is 0.355 e. The van der Waals surface area contributed by atoms with Crippen molar-refractivity contribution in [3.63, 3.8) is 0 Å². The monoisotopic (exact) mass is 265 g/mol. The lowest BCUT2D eigenvalue weighted by Crippen LogP contribution is -2.39. The first kappa shape index (κ1) is 14.5. The van der Waals surface area contributed by atoms with Crippen molar-refractivity contribution in [1.82, 2.24) is 10.2 Å². The van der Waals surface area contributed by atoms with Crippen LogP contribution in [0.5, 0.6) is 0 Å². The Bertz CT molecular complexity index is 323. The zero-order chi connectivity index (χ0) is 13.7. The number of hydrogen-bond acceptors (Lipinski definition) is 3. The van der Waals surface area contributed by atoms with Gasteiger partial charge in [-0.25, -0.2) is 0 Å². The average molecular weight is 265 g/mol. The third kappa shape index (κ3) is 4.62. The fourth-order valence-electron chi connectivity index (χ4n) is 2.97. The van der Waals surface area contributed by atoms with Crippen molar-refractivity contribution in [1.29, 1.82) is 0 Å². The highest BCUT2D eigenvalue weighted by atomic mass is 16.1. The lowest BCUT2D eigenvalue weighted by molar-refractivity contribution is -0.123. The van der Waals surface area contributed by atoms with Gasteiger partial charge in [0.1, 0.15) is 0 Å². The normalized spacial score (nSPS) is 29.4. The summed E-state index contributed by atoms with van der Waals surface area (Å²) in [6.45, 7) is 6.53. The molecule has 0 radical (unpaired) electrons. The summed E-state index contributed by atoms with van der Waals surface area (Å²) in [7, 11) is 0. The first-order valence-electron chi connectivity index (χ1n) is 7.59. The highest BCUT2D eigenvalue weighted by Crippen LogP contribution is 2.16. The Morgan fingerprint density at radius 1 is 1.37 bits per heavy atom. The van der Waals surface area contributed by atoms with Gasteiger partial charge in [0.15, 0.2) is 0 Å². The predicted molar refractivity (Wildman–Crippen MR) is 77.7 cm³/mol. The molecule has 0 aromatic heterocycles. The Labute approximate surface area is 116 Å². The molecule has 1 aliphatic heterocycles. The quantitative estimate of drug-likeness (QED) is 0.733. The molecule has 4 nitrogen and oxygen atoms in total. The number of nitrogens with two attached hydrogens (primary N) is 1. The van der Waals surface area contributed by atoms with Gasteiger partial charge in [-0.05, 0) is 38.3 Å². The number of amides is 1. The molecule has 1 amide bonds. The first-order chi connectivity index (χ1) is 9.15. The van der Waals surface area contributed by atoms with Crippen molar-refractivity contribution in [3.05, 3.63) is 12.2 Å². The van der Waals surface area contributed by atoms with Crippen LogP contribution in [0.1, 0.15) is 32.6 Å².